The zero-order chi connectivity index (χ0) is 15.0. The van der Waals surface area contributed by atoms with Gasteiger partial charge in [0, 0.05) is 5.56 Å². The molecule has 0 saturated carbocycles. The van der Waals surface area contributed by atoms with Crippen molar-refractivity contribution in [2.24, 2.45) is 0 Å². The lowest BCUT2D eigenvalue weighted by molar-refractivity contribution is 0.0343. The highest BCUT2D eigenvalue weighted by atomic mass is 35.5. The molecule has 1 unspecified atom stereocenters. The van der Waals surface area contributed by atoms with Gasteiger partial charge in [0.2, 0.25) is 17.6 Å². The molecule has 0 spiro atoms. The average Bonchev–Trinajstić information content (AvgIpc) is 2.80. The van der Waals surface area contributed by atoms with Gasteiger partial charge in [-0.3, -0.25) is 0 Å². The van der Waals surface area contributed by atoms with E-state index in [1.165, 1.54) is 20.3 Å². The van der Waals surface area contributed by atoms with Crippen molar-refractivity contribution in [3.63, 3.8) is 0 Å². The minimum atomic E-state index is -1.59. The van der Waals surface area contributed by atoms with Crippen LogP contribution in [0.2, 0.25) is 0 Å². The van der Waals surface area contributed by atoms with Gasteiger partial charge in [-0.15, -0.1) is 0 Å². The first-order valence-corrected chi connectivity index (χ1v) is 6.45. The van der Waals surface area contributed by atoms with Crippen molar-refractivity contribution in [2.45, 2.75) is 5.06 Å². The first-order chi connectivity index (χ1) is 10.1. The summed E-state index contributed by atoms with van der Waals surface area (Å²) in [5.41, 5.74) is 0.879. The van der Waals surface area contributed by atoms with Crippen LogP contribution in [0, 0.1) is 0 Å². The second kappa shape index (κ2) is 4.89. The number of methoxy groups -OCH3 is 2. The highest BCUT2D eigenvalue weighted by molar-refractivity contribution is 6.27. The summed E-state index contributed by atoms with van der Waals surface area (Å²) in [4.78, 5) is 20.3. The van der Waals surface area contributed by atoms with Crippen molar-refractivity contribution < 1.29 is 19.0 Å². The molecule has 0 amide bonds. The summed E-state index contributed by atoms with van der Waals surface area (Å²) in [5, 5.41) is -1.59. The van der Waals surface area contributed by atoms with Gasteiger partial charge in [-0.05, 0) is 6.07 Å². The smallest absolute Gasteiger partial charge is 0.340 e. The fourth-order valence-corrected chi connectivity index (χ4v) is 2.42. The van der Waals surface area contributed by atoms with E-state index in [-0.39, 0.29) is 17.6 Å². The number of cyclic esters (lactones) is 1. The quantitative estimate of drug-likeness (QED) is 0.639. The molecule has 0 N–H and O–H groups in total. The first kappa shape index (κ1) is 13.6. The van der Waals surface area contributed by atoms with Crippen LogP contribution in [0.15, 0.2) is 30.3 Å². The number of rotatable bonds is 3. The second-order valence-corrected chi connectivity index (χ2v) is 4.84. The number of fused-ring (bicyclic) bond motifs is 1. The van der Waals surface area contributed by atoms with Crippen molar-refractivity contribution >= 4 is 17.6 Å². The van der Waals surface area contributed by atoms with Crippen LogP contribution in [0.5, 0.6) is 11.8 Å². The van der Waals surface area contributed by atoms with Gasteiger partial charge in [0.25, 0.3) is 5.06 Å². The van der Waals surface area contributed by atoms with Crippen LogP contribution in [-0.4, -0.2) is 30.2 Å². The van der Waals surface area contributed by atoms with Crippen LogP contribution in [0.3, 0.4) is 0 Å². The van der Waals surface area contributed by atoms with Gasteiger partial charge in [0.05, 0.1) is 25.8 Å². The molecule has 1 aromatic heterocycles. The molecule has 2 heterocycles. The third-order valence-electron chi connectivity index (χ3n) is 3.11. The zero-order valence-electron chi connectivity index (χ0n) is 11.3. The van der Waals surface area contributed by atoms with Gasteiger partial charge in [-0.2, -0.15) is 9.97 Å². The van der Waals surface area contributed by atoms with Crippen LogP contribution in [0.25, 0.3) is 0 Å². The molecule has 7 heteroatoms. The van der Waals surface area contributed by atoms with E-state index < -0.39 is 11.0 Å². The van der Waals surface area contributed by atoms with Crippen molar-refractivity contribution in [3.8, 4) is 11.8 Å². The number of esters is 1. The number of benzene rings is 1. The maximum absolute atomic E-state index is 11.9. The molecule has 1 aliphatic rings. The molecule has 0 radical (unpaired) electrons. The van der Waals surface area contributed by atoms with E-state index in [9.17, 15) is 4.79 Å². The average molecular weight is 307 g/mol. The van der Waals surface area contributed by atoms with Gasteiger partial charge in [0.1, 0.15) is 0 Å². The predicted molar refractivity (Wildman–Crippen MR) is 73.6 cm³/mol. The van der Waals surface area contributed by atoms with Gasteiger partial charge in [-0.1, -0.05) is 29.8 Å². The molecule has 6 nitrogen and oxygen atoms in total. The third-order valence-corrected chi connectivity index (χ3v) is 3.56. The van der Waals surface area contributed by atoms with Gasteiger partial charge in [-0.25, -0.2) is 4.79 Å². The molecule has 1 aromatic carbocycles. The zero-order valence-corrected chi connectivity index (χ0v) is 12.0. The standard InChI is InChI=1S/C14H11ClN2O4/c1-19-10-7-11(20-2)17-13(16-10)14(15)9-6-4-3-5-8(9)12(18)21-14/h3-7H,1-2H3. The van der Waals surface area contributed by atoms with Crippen molar-refractivity contribution in [2.75, 3.05) is 14.2 Å². The monoisotopic (exact) mass is 306 g/mol. The van der Waals surface area contributed by atoms with Gasteiger partial charge < -0.3 is 14.2 Å². The number of hydrogen-bond acceptors (Lipinski definition) is 6. The van der Waals surface area contributed by atoms with Crippen LogP contribution < -0.4 is 9.47 Å². The number of nitrogens with zero attached hydrogens (tertiary/aromatic N) is 2. The third kappa shape index (κ3) is 2.08. The Bertz CT molecular complexity index is 700. The summed E-state index contributed by atoms with van der Waals surface area (Å²) in [6.45, 7) is 0. The van der Waals surface area contributed by atoms with E-state index in [1.54, 1.807) is 24.3 Å². The summed E-state index contributed by atoms with van der Waals surface area (Å²) in [5.74, 6) is 0.0827. The Kier molecular flexibility index (Phi) is 3.17. The van der Waals surface area contributed by atoms with Gasteiger partial charge in [0.15, 0.2) is 0 Å². The molecule has 0 aliphatic carbocycles. The summed E-state index contributed by atoms with van der Waals surface area (Å²) in [7, 11) is 2.92. The second-order valence-electron chi connectivity index (χ2n) is 4.31. The number of alkyl halides is 1. The minimum absolute atomic E-state index is 0.0821. The number of carbonyl (C=O) groups excluding carboxylic acids is 1. The van der Waals surface area contributed by atoms with Crippen LogP contribution in [0.4, 0.5) is 0 Å². The molecule has 0 fully saturated rings. The first-order valence-electron chi connectivity index (χ1n) is 6.08. The molecule has 0 saturated heterocycles. The Morgan fingerprint density at radius 2 is 1.76 bits per heavy atom. The molecule has 21 heavy (non-hydrogen) atoms. The van der Waals surface area contributed by atoms with E-state index in [4.69, 9.17) is 25.8 Å². The predicted octanol–water partition coefficient (Wildman–Crippen LogP) is 2.10. The van der Waals surface area contributed by atoms with Crippen molar-refractivity contribution in [1.29, 1.82) is 0 Å². The van der Waals surface area contributed by atoms with Crippen LogP contribution in [-0.2, 0) is 9.80 Å². The Morgan fingerprint density at radius 3 is 2.38 bits per heavy atom. The normalized spacial score (nSPS) is 19.9. The van der Waals surface area contributed by atoms with Crippen LogP contribution in [0.1, 0.15) is 21.7 Å². The topological polar surface area (TPSA) is 70.5 Å². The largest absolute Gasteiger partial charge is 0.481 e. The number of halogens is 1. The van der Waals surface area contributed by atoms with E-state index >= 15 is 0 Å². The maximum Gasteiger partial charge on any atom is 0.340 e. The lowest BCUT2D eigenvalue weighted by Crippen LogP contribution is -2.24. The fraction of sp³-hybridized carbons (Fsp3) is 0.214. The summed E-state index contributed by atoms with van der Waals surface area (Å²) in [6.07, 6.45) is 0. The lowest BCUT2D eigenvalue weighted by Gasteiger charge is -2.20. The molecule has 1 aliphatic heterocycles. The lowest BCUT2D eigenvalue weighted by atomic mass is 10.0. The molecule has 2 aromatic rings. The molecule has 1 atom stereocenters. The molecular formula is C14H11ClN2O4. The summed E-state index contributed by atoms with van der Waals surface area (Å²) >= 11 is 6.50. The maximum atomic E-state index is 11.9. The van der Waals surface area contributed by atoms with Crippen molar-refractivity contribution in [1.82, 2.24) is 9.97 Å². The van der Waals surface area contributed by atoms with Crippen molar-refractivity contribution in [3.05, 3.63) is 47.3 Å². The fourth-order valence-electron chi connectivity index (χ4n) is 2.10. The number of carbonyl (C=O) groups is 1. The van der Waals surface area contributed by atoms with E-state index in [1.807, 2.05) is 0 Å². The summed E-state index contributed by atoms with van der Waals surface area (Å²) < 4.78 is 15.5. The number of aromatic nitrogens is 2. The minimum Gasteiger partial charge on any atom is -0.481 e. The molecular weight excluding hydrogens is 296 g/mol. The highest BCUT2D eigenvalue weighted by Gasteiger charge is 2.48. The molecule has 3 rings (SSSR count). The Balaban J connectivity index is 2.18. The van der Waals surface area contributed by atoms with Gasteiger partial charge >= 0.3 is 5.97 Å². The Morgan fingerprint density at radius 1 is 1.14 bits per heavy atom. The number of hydrogen-bond donors (Lipinski definition) is 0. The Labute approximate surface area is 125 Å². The van der Waals surface area contributed by atoms with Crippen LogP contribution >= 0.6 is 11.6 Å². The number of ether oxygens (including phenoxy) is 3. The van der Waals surface area contributed by atoms with E-state index in [0.29, 0.717) is 11.1 Å². The van der Waals surface area contributed by atoms with E-state index in [0.717, 1.165) is 0 Å². The molecule has 108 valence electrons. The molecule has 0 bridgehead atoms. The van der Waals surface area contributed by atoms with E-state index in [2.05, 4.69) is 9.97 Å². The highest BCUT2D eigenvalue weighted by Crippen LogP contribution is 2.44. The summed E-state index contributed by atoms with van der Waals surface area (Å²) in [6, 6.07) is 8.33. The Hall–Kier alpha value is -2.34. The SMILES string of the molecule is COc1cc(OC)nc(C2(Cl)OC(=O)c3ccccc32)n1.